The minimum Gasteiger partial charge on any atom is -0.332 e. The Morgan fingerprint density at radius 1 is 1.28 bits per heavy atom. The van der Waals surface area contributed by atoms with Gasteiger partial charge in [-0.2, -0.15) is 18.3 Å². The molecule has 1 amide bonds. The van der Waals surface area contributed by atoms with Crippen molar-refractivity contribution in [2.75, 3.05) is 0 Å². The van der Waals surface area contributed by atoms with Gasteiger partial charge in [0.15, 0.2) is 17.0 Å². The van der Waals surface area contributed by atoms with Crippen molar-refractivity contribution >= 4 is 34.5 Å². The summed E-state index contributed by atoms with van der Waals surface area (Å²) < 4.78 is 41.8. The van der Waals surface area contributed by atoms with E-state index in [-0.39, 0.29) is 34.1 Å². The zero-order valence-corrected chi connectivity index (χ0v) is 17.3. The van der Waals surface area contributed by atoms with E-state index in [9.17, 15) is 18.0 Å². The Labute approximate surface area is 174 Å². The van der Waals surface area contributed by atoms with E-state index in [1.807, 2.05) is 13.8 Å². The molecule has 1 saturated heterocycles. The van der Waals surface area contributed by atoms with Crippen LogP contribution < -0.4 is 0 Å². The van der Waals surface area contributed by atoms with Crippen molar-refractivity contribution in [1.29, 1.82) is 0 Å². The Balaban J connectivity index is 1.89. The number of hydrogen-bond acceptors (Lipinski definition) is 4. The fourth-order valence-electron chi connectivity index (χ4n) is 3.82. The molecule has 1 aliphatic heterocycles. The normalized spacial score (nSPS) is 20.4. The quantitative estimate of drug-likeness (QED) is 0.524. The minimum absolute atomic E-state index is 0.0381. The Bertz CT molecular complexity index is 1050. The van der Waals surface area contributed by atoms with Crippen LogP contribution in [-0.2, 0) is 6.18 Å². The lowest BCUT2D eigenvalue weighted by Crippen LogP contribution is -2.47. The van der Waals surface area contributed by atoms with Crippen LogP contribution in [0.5, 0.6) is 0 Å². The third-order valence-corrected chi connectivity index (χ3v) is 6.47. The standard InChI is InChI=1S/C19H18ClF3N4OS/c1-10-5-3-6-11(2)26(10)18(28)16-15(20)17-24-12(13-7-4-8-29-13)9-14(19(21,22)23)27(17)25-16/h4,7-11H,3,5-6H2,1-2H3/t10-,11+. The first kappa shape index (κ1) is 20.2. The van der Waals surface area contributed by atoms with Gasteiger partial charge in [-0.25, -0.2) is 9.50 Å². The number of nitrogens with zero attached hydrogens (tertiary/aromatic N) is 4. The lowest BCUT2D eigenvalue weighted by Gasteiger charge is -2.38. The molecular weight excluding hydrogens is 425 g/mol. The molecule has 0 radical (unpaired) electrons. The molecule has 3 aromatic rings. The molecule has 154 valence electrons. The molecule has 0 unspecified atom stereocenters. The first-order valence-corrected chi connectivity index (χ1v) is 10.5. The van der Waals surface area contributed by atoms with Gasteiger partial charge in [0.2, 0.25) is 0 Å². The second-order valence-electron chi connectivity index (χ2n) is 7.24. The molecule has 0 bridgehead atoms. The van der Waals surface area contributed by atoms with Gasteiger partial charge >= 0.3 is 6.18 Å². The number of fused-ring (bicyclic) bond motifs is 1. The van der Waals surface area contributed by atoms with E-state index < -0.39 is 17.8 Å². The van der Waals surface area contributed by atoms with Gasteiger partial charge in [0.25, 0.3) is 5.91 Å². The van der Waals surface area contributed by atoms with Crippen molar-refractivity contribution in [3.63, 3.8) is 0 Å². The van der Waals surface area contributed by atoms with Crippen molar-refractivity contribution < 1.29 is 18.0 Å². The Morgan fingerprint density at radius 3 is 2.55 bits per heavy atom. The molecule has 0 N–H and O–H groups in total. The molecule has 10 heteroatoms. The molecule has 0 aromatic carbocycles. The first-order valence-electron chi connectivity index (χ1n) is 9.21. The number of carbonyl (C=O) groups excluding carboxylic acids is 1. The van der Waals surface area contributed by atoms with Crippen molar-refractivity contribution in [3.8, 4) is 10.6 Å². The van der Waals surface area contributed by atoms with Crippen LogP contribution >= 0.6 is 22.9 Å². The number of alkyl halides is 3. The summed E-state index contributed by atoms with van der Waals surface area (Å²) >= 11 is 7.63. The summed E-state index contributed by atoms with van der Waals surface area (Å²) in [5, 5.41) is 5.55. The number of piperidine rings is 1. The molecular formula is C19H18ClF3N4OS. The Morgan fingerprint density at radius 2 is 1.97 bits per heavy atom. The number of rotatable bonds is 2. The van der Waals surface area contributed by atoms with Crippen LogP contribution in [0.15, 0.2) is 23.6 Å². The summed E-state index contributed by atoms with van der Waals surface area (Å²) in [6, 6.07) is 4.26. The number of aromatic nitrogens is 3. The number of carbonyl (C=O) groups is 1. The molecule has 5 nitrogen and oxygen atoms in total. The van der Waals surface area contributed by atoms with Gasteiger partial charge in [0, 0.05) is 12.1 Å². The van der Waals surface area contributed by atoms with Gasteiger partial charge in [0.05, 0.1) is 10.6 Å². The highest BCUT2D eigenvalue weighted by Gasteiger charge is 2.38. The van der Waals surface area contributed by atoms with Gasteiger partial charge in [-0.05, 0) is 50.6 Å². The van der Waals surface area contributed by atoms with E-state index in [0.29, 0.717) is 9.39 Å². The molecule has 0 spiro atoms. The van der Waals surface area contributed by atoms with Crippen molar-refractivity contribution in [2.24, 2.45) is 0 Å². The first-order chi connectivity index (χ1) is 13.7. The van der Waals surface area contributed by atoms with Crippen molar-refractivity contribution in [3.05, 3.63) is 40.0 Å². The van der Waals surface area contributed by atoms with Crippen LogP contribution in [-0.4, -0.2) is 37.5 Å². The Hall–Kier alpha value is -2.13. The maximum atomic E-state index is 13.7. The smallest absolute Gasteiger partial charge is 0.332 e. The van der Waals surface area contributed by atoms with Crippen molar-refractivity contribution in [2.45, 2.75) is 51.4 Å². The van der Waals surface area contributed by atoms with Gasteiger partial charge < -0.3 is 4.90 Å². The summed E-state index contributed by atoms with van der Waals surface area (Å²) in [5.41, 5.74) is -1.26. The molecule has 4 rings (SSSR count). The summed E-state index contributed by atoms with van der Waals surface area (Å²) in [6.45, 7) is 3.84. The summed E-state index contributed by atoms with van der Waals surface area (Å²) in [5.74, 6) is -0.467. The van der Waals surface area contributed by atoms with Crippen LogP contribution in [0.25, 0.3) is 16.2 Å². The molecule has 3 aromatic heterocycles. The predicted octanol–water partition coefficient (Wildman–Crippen LogP) is 5.53. The zero-order chi connectivity index (χ0) is 20.9. The second kappa shape index (κ2) is 7.28. The van der Waals surface area contributed by atoms with E-state index in [4.69, 9.17) is 11.6 Å². The highest BCUT2D eigenvalue weighted by molar-refractivity contribution is 7.13. The summed E-state index contributed by atoms with van der Waals surface area (Å²) in [4.78, 5) is 19.7. The van der Waals surface area contributed by atoms with Crippen LogP contribution in [0.1, 0.15) is 49.3 Å². The molecule has 1 fully saturated rings. The van der Waals surface area contributed by atoms with Crippen LogP contribution in [0.3, 0.4) is 0 Å². The Kier molecular flexibility index (Phi) is 5.06. The maximum absolute atomic E-state index is 13.7. The average molecular weight is 443 g/mol. The van der Waals surface area contributed by atoms with E-state index >= 15 is 0 Å². The van der Waals surface area contributed by atoms with Gasteiger partial charge in [-0.15, -0.1) is 11.3 Å². The molecule has 1 aliphatic rings. The monoisotopic (exact) mass is 442 g/mol. The van der Waals surface area contributed by atoms with Gasteiger partial charge in [0.1, 0.15) is 5.02 Å². The fraction of sp³-hybridized carbons (Fsp3) is 0.421. The van der Waals surface area contributed by atoms with Gasteiger partial charge in [-0.1, -0.05) is 17.7 Å². The van der Waals surface area contributed by atoms with Crippen LogP contribution in [0, 0.1) is 0 Å². The fourth-order valence-corrected chi connectivity index (χ4v) is 4.75. The molecule has 2 atom stereocenters. The summed E-state index contributed by atoms with van der Waals surface area (Å²) in [7, 11) is 0. The van der Waals surface area contributed by atoms with E-state index in [1.165, 1.54) is 11.3 Å². The topological polar surface area (TPSA) is 50.5 Å². The average Bonchev–Trinajstić information content (AvgIpc) is 3.28. The van der Waals surface area contributed by atoms with E-state index in [1.54, 1.807) is 22.4 Å². The number of amides is 1. The van der Waals surface area contributed by atoms with Crippen LogP contribution in [0.2, 0.25) is 5.02 Å². The molecule has 4 heterocycles. The third-order valence-electron chi connectivity index (χ3n) is 5.23. The highest BCUT2D eigenvalue weighted by Crippen LogP contribution is 2.36. The predicted molar refractivity (Wildman–Crippen MR) is 105 cm³/mol. The van der Waals surface area contributed by atoms with Gasteiger partial charge in [-0.3, -0.25) is 4.79 Å². The highest BCUT2D eigenvalue weighted by atomic mass is 35.5. The third kappa shape index (κ3) is 3.50. The zero-order valence-electron chi connectivity index (χ0n) is 15.7. The summed E-state index contributed by atoms with van der Waals surface area (Å²) in [6.07, 6.45) is -2.03. The van der Waals surface area contributed by atoms with E-state index in [0.717, 1.165) is 25.3 Å². The second-order valence-corrected chi connectivity index (χ2v) is 8.57. The largest absolute Gasteiger partial charge is 0.433 e. The molecule has 0 aliphatic carbocycles. The molecule has 29 heavy (non-hydrogen) atoms. The van der Waals surface area contributed by atoms with Crippen LogP contribution in [0.4, 0.5) is 13.2 Å². The lowest BCUT2D eigenvalue weighted by atomic mass is 9.97. The maximum Gasteiger partial charge on any atom is 0.433 e. The number of hydrogen-bond donors (Lipinski definition) is 0. The number of likely N-dealkylation sites (tertiary alicyclic amines) is 1. The van der Waals surface area contributed by atoms with E-state index in [2.05, 4.69) is 10.1 Å². The number of halogens is 4. The SMILES string of the molecule is C[C@@H]1CCC[C@H](C)N1C(=O)c1nn2c(C(F)(F)F)cc(-c3cccs3)nc2c1Cl. The lowest BCUT2D eigenvalue weighted by molar-refractivity contribution is -0.142. The minimum atomic E-state index is -4.69. The number of thiophene rings is 1. The molecule has 0 saturated carbocycles. The van der Waals surface area contributed by atoms with Crippen molar-refractivity contribution in [1.82, 2.24) is 19.5 Å².